The zero-order chi connectivity index (χ0) is 18.7. The summed E-state index contributed by atoms with van der Waals surface area (Å²) in [4.78, 5) is 11.6. The number of carbonyl (C=O) groups is 1. The fourth-order valence-corrected chi connectivity index (χ4v) is 3.56. The van der Waals surface area contributed by atoms with Crippen molar-refractivity contribution < 1.29 is 19.8 Å². The first-order valence-electron chi connectivity index (χ1n) is 7.02. The molecule has 0 aliphatic carbocycles. The first-order valence-corrected chi connectivity index (χ1v) is 8.59. The fraction of sp³-hybridized carbons (Fsp3) is 0.267. The Kier molecular flexibility index (Phi) is 6.21. The van der Waals surface area contributed by atoms with E-state index in [1.54, 1.807) is 24.7 Å². The largest absolute Gasteiger partial charge is 0.479 e. The molecule has 0 fully saturated rings. The number of hydrogen-bond acceptors (Lipinski definition) is 6. The van der Waals surface area contributed by atoms with Gasteiger partial charge >= 0.3 is 5.97 Å². The smallest absolute Gasteiger partial charge is 0.344 e. The highest BCUT2D eigenvalue weighted by Gasteiger charge is 2.19. The molecule has 1 aromatic heterocycles. The summed E-state index contributed by atoms with van der Waals surface area (Å²) >= 11 is 13.6. The van der Waals surface area contributed by atoms with Gasteiger partial charge in [-0.25, -0.2) is 4.79 Å². The van der Waals surface area contributed by atoms with Crippen LogP contribution < -0.4 is 4.74 Å². The van der Waals surface area contributed by atoms with Crippen molar-refractivity contribution in [2.45, 2.75) is 29.9 Å². The highest BCUT2D eigenvalue weighted by atomic mass is 35.5. The second-order valence-electron chi connectivity index (χ2n) is 5.09. The van der Waals surface area contributed by atoms with Crippen LogP contribution in [0.1, 0.15) is 18.2 Å². The van der Waals surface area contributed by atoms with E-state index in [4.69, 9.17) is 38.3 Å². The zero-order valence-corrected chi connectivity index (χ0v) is 15.9. The van der Waals surface area contributed by atoms with Crippen molar-refractivity contribution in [2.24, 2.45) is 12.2 Å². The van der Waals surface area contributed by atoms with Gasteiger partial charge in [-0.2, -0.15) is 5.10 Å². The SMILES string of the molecule is Cc1nn(C)c(Sc2cc(O[C@H](C)C(=O)O)c(Cl)cc2Cl)c1C=NO. The second kappa shape index (κ2) is 7.99. The Balaban J connectivity index is 2.42. The molecule has 0 aliphatic heterocycles. The molecule has 10 heteroatoms. The minimum atomic E-state index is -1.11. The summed E-state index contributed by atoms with van der Waals surface area (Å²) in [6, 6.07) is 3.05. The van der Waals surface area contributed by atoms with Gasteiger partial charge in [0.15, 0.2) is 6.10 Å². The first-order chi connectivity index (χ1) is 11.7. The molecule has 0 saturated heterocycles. The van der Waals surface area contributed by atoms with Crippen molar-refractivity contribution in [3.8, 4) is 5.75 Å². The highest BCUT2D eigenvalue weighted by Crippen LogP contribution is 2.40. The number of nitrogens with zero attached hydrogens (tertiary/aromatic N) is 3. The summed E-state index contributed by atoms with van der Waals surface area (Å²) in [7, 11) is 1.75. The lowest BCUT2D eigenvalue weighted by molar-refractivity contribution is -0.144. The summed E-state index contributed by atoms with van der Waals surface area (Å²) in [6.07, 6.45) is 0.228. The summed E-state index contributed by atoms with van der Waals surface area (Å²) in [5.41, 5.74) is 1.33. The summed E-state index contributed by atoms with van der Waals surface area (Å²) < 4.78 is 6.99. The molecule has 0 aliphatic rings. The lowest BCUT2D eigenvalue weighted by atomic mass is 10.3. The Bertz CT molecular complexity index is 839. The van der Waals surface area contributed by atoms with E-state index < -0.39 is 12.1 Å². The molecule has 25 heavy (non-hydrogen) atoms. The predicted octanol–water partition coefficient (Wildman–Crippen LogP) is 3.85. The van der Waals surface area contributed by atoms with Crippen molar-refractivity contribution in [2.75, 3.05) is 0 Å². The van der Waals surface area contributed by atoms with E-state index in [1.807, 2.05) is 0 Å². The quantitative estimate of drug-likeness (QED) is 0.431. The molecule has 2 rings (SSSR count). The van der Waals surface area contributed by atoms with E-state index in [1.165, 1.54) is 31.0 Å². The van der Waals surface area contributed by atoms with E-state index in [9.17, 15) is 4.79 Å². The van der Waals surface area contributed by atoms with Crippen molar-refractivity contribution in [3.63, 3.8) is 0 Å². The van der Waals surface area contributed by atoms with Crippen LogP contribution in [0.3, 0.4) is 0 Å². The van der Waals surface area contributed by atoms with Crippen LogP contribution in [0.15, 0.2) is 27.2 Å². The number of rotatable bonds is 6. The Morgan fingerprint density at radius 3 is 2.72 bits per heavy atom. The van der Waals surface area contributed by atoms with E-state index in [-0.39, 0.29) is 10.8 Å². The number of halogens is 2. The van der Waals surface area contributed by atoms with Crippen LogP contribution in [-0.2, 0) is 11.8 Å². The number of aryl methyl sites for hydroxylation is 2. The Labute approximate surface area is 158 Å². The Hall–Kier alpha value is -1.90. The first kappa shape index (κ1) is 19.4. The number of carboxylic acids is 1. The minimum absolute atomic E-state index is 0.208. The molecule has 7 nitrogen and oxygen atoms in total. The maximum Gasteiger partial charge on any atom is 0.344 e. The van der Waals surface area contributed by atoms with E-state index in [2.05, 4.69) is 10.3 Å². The third kappa shape index (κ3) is 4.39. The van der Waals surface area contributed by atoms with Crippen LogP contribution in [0.4, 0.5) is 0 Å². The topological polar surface area (TPSA) is 96.9 Å². The molecule has 2 aromatic rings. The molecule has 0 bridgehead atoms. The average Bonchev–Trinajstić information content (AvgIpc) is 2.78. The summed E-state index contributed by atoms with van der Waals surface area (Å²) in [5, 5.41) is 26.4. The monoisotopic (exact) mass is 403 g/mol. The lowest BCUT2D eigenvalue weighted by Gasteiger charge is -2.14. The number of aromatic nitrogens is 2. The molecular weight excluding hydrogens is 389 g/mol. The molecule has 1 atom stereocenters. The zero-order valence-electron chi connectivity index (χ0n) is 13.5. The minimum Gasteiger partial charge on any atom is -0.479 e. The second-order valence-corrected chi connectivity index (χ2v) is 6.93. The molecule has 0 amide bonds. The molecule has 2 N–H and O–H groups in total. The molecule has 0 unspecified atom stereocenters. The van der Waals surface area contributed by atoms with Crippen molar-refractivity contribution in [1.82, 2.24) is 9.78 Å². The average molecular weight is 404 g/mol. The maximum atomic E-state index is 11.0. The molecule has 1 heterocycles. The Morgan fingerprint density at radius 1 is 1.44 bits per heavy atom. The molecule has 134 valence electrons. The fourth-order valence-electron chi connectivity index (χ4n) is 2.00. The number of oxime groups is 1. The van der Waals surface area contributed by atoms with Crippen molar-refractivity contribution in [3.05, 3.63) is 33.4 Å². The lowest BCUT2D eigenvalue weighted by Crippen LogP contribution is -2.23. The van der Waals surface area contributed by atoms with Gasteiger partial charge in [0, 0.05) is 11.9 Å². The van der Waals surface area contributed by atoms with Gasteiger partial charge in [0.1, 0.15) is 10.8 Å². The normalized spacial score (nSPS) is 12.5. The third-order valence-electron chi connectivity index (χ3n) is 3.25. The van der Waals surface area contributed by atoms with Gasteiger partial charge in [-0.1, -0.05) is 40.1 Å². The van der Waals surface area contributed by atoms with E-state index in [0.717, 1.165) is 0 Å². The van der Waals surface area contributed by atoms with Gasteiger partial charge in [0.05, 0.1) is 27.5 Å². The molecule has 0 saturated carbocycles. The summed E-state index contributed by atoms with van der Waals surface area (Å²) in [6.45, 7) is 3.19. The van der Waals surface area contributed by atoms with Crippen molar-refractivity contribution >= 4 is 47.1 Å². The highest BCUT2D eigenvalue weighted by molar-refractivity contribution is 7.99. The maximum absolute atomic E-state index is 11.0. The van der Waals surface area contributed by atoms with Gasteiger partial charge in [0.25, 0.3) is 0 Å². The van der Waals surface area contributed by atoms with Gasteiger partial charge < -0.3 is 15.1 Å². The van der Waals surface area contributed by atoms with Gasteiger partial charge in [-0.05, 0) is 26.0 Å². The van der Waals surface area contributed by atoms with Crippen LogP contribution >= 0.6 is 35.0 Å². The van der Waals surface area contributed by atoms with Crippen LogP contribution in [0.2, 0.25) is 10.0 Å². The molecular formula is C15H15Cl2N3O4S. The number of benzene rings is 1. The number of aliphatic carboxylic acids is 1. The summed E-state index contributed by atoms with van der Waals surface area (Å²) in [5.74, 6) is -0.899. The predicted molar refractivity (Wildman–Crippen MR) is 95.6 cm³/mol. The van der Waals surface area contributed by atoms with Crippen LogP contribution in [0, 0.1) is 6.92 Å². The standard InChI is InChI=1S/C15H15Cl2N3O4S/c1-7-9(6-18-23)14(20(3)19-7)25-13-5-12(10(16)4-11(13)17)24-8(2)15(21)22/h4-6,8,23H,1-3H3,(H,21,22)/t8-/m1/s1. The van der Waals surface area contributed by atoms with Crippen molar-refractivity contribution in [1.29, 1.82) is 0 Å². The Morgan fingerprint density at radius 2 is 2.12 bits per heavy atom. The number of hydrogen-bond donors (Lipinski definition) is 2. The van der Waals surface area contributed by atoms with Crippen LogP contribution in [-0.4, -0.2) is 38.4 Å². The van der Waals surface area contributed by atoms with E-state index >= 15 is 0 Å². The van der Waals surface area contributed by atoms with Gasteiger partial charge in [-0.3, -0.25) is 4.68 Å². The molecule has 1 aromatic carbocycles. The van der Waals surface area contributed by atoms with Gasteiger partial charge in [0.2, 0.25) is 0 Å². The van der Waals surface area contributed by atoms with Crippen LogP contribution in [0.5, 0.6) is 5.75 Å². The number of ether oxygens (including phenoxy) is 1. The molecule has 0 radical (unpaired) electrons. The molecule has 0 spiro atoms. The van der Waals surface area contributed by atoms with E-state index in [0.29, 0.717) is 26.2 Å². The van der Waals surface area contributed by atoms with Gasteiger partial charge in [-0.15, -0.1) is 0 Å². The third-order valence-corrected chi connectivity index (χ3v) is 5.20. The number of carboxylic acid groups (broad SMARTS) is 1. The van der Waals surface area contributed by atoms with Crippen LogP contribution in [0.25, 0.3) is 0 Å².